The van der Waals surface area contributed by atoms with Gasteiger partial charge in [0.1, 0.15) is 5.82 Å². The Morgan fingerprint density at radius 2 is 2.32 bits per heavy atom. The predicted molar refractivity (Wildman–Crippen MR) is 71.4 cm³/mol. The van der Waals surface area contributed by atoms with Gasteiger partial charge in [-0.15, -0.1) is 0 Å². The monoisotopic (exact) mass is 265 g/mol. The van der Waals surface area contributed by atoms with E-state index in [1.165, 1.54) is 0 Å². The summed E-state index contributed by atoms with van der Waals surface area (Å²) < 4.78 is 18.9. The average molecular weight is 265 g/mol. The van der Waals surface area contributed by atoms with Crippen LogP contribution in [0, 0.1) is 5.82 Å². The van der Waals surface area contributed by atoms with Gasteiger partial charge in [0.2, 0.25) is 0 Å². The molecule has 1 aromatic carbocycles. The lowest BCUT2D eigenvalue weighted by Crippen LogP contribution is -2.13. The largest absolute Gasteiger partial charge is 0.466 e. The molecule has 4 heteroatoms. The van der Waals surface area contributed by atoms with Crippen LogP contribution in [0.4, 0.5) is 4.39 Å². The lowest BCUT2D eigenvalue weighted by atomic mass is 9.98. The van der Waals surface area contributed by atoms with Crippen LogP contribution in [0.5, 0.6) is 0 Å². The SMILES string of the molecule is CCOC(=O)CCc1cc(F)c2c(c1)CCCNC2. The molecule has 1 aliphatic heterocycles. The van der Waals surface area contributed by atoms with Crippen molar-refractivity contribution in [1.82, 2.24) is 5.32 Å². The molecule has 0 saturated heterocycles. The number of ether oxygens (including phenoxy) is 1. The molecule has 2 rings (SSSR count). The van der Waals surface area contributed by atoms with Gasteiger partial charge in [0.25, 0.3) is 0 Å². The molecule has 0 atom stereocenters. The number of benzene rings is 1. The Kier molecular flexibility index (Phi) is 4.91. The molecule has 1 heterocycles. The third-order valence-electron chi connectivity index (χ3n) is 3.37. The maximum absolute atomic E-state index is 14.0. The number of aryl methyl sites for hydroxylation is 2. The van der Waals surface area contributed by atoms with Crippen molar-refractivity contribution in [3.63, 3.8) is 0 Å². The summed E-state index contributed by atoms with van der Waals surface area (Å²) in [5.41, 5.74) is 2.73. The first-order valence-corrected chi connectivity index (χ1v) is 6.87. The Labute approximate surface area is 113 Å². The van der Waals surface area contributed by atoms with Gasteiger partial charge in [0, 0.05) is 18.5 Å². The first-order chi connectivity index (χ1) is 9.20. The van der Waals surface area contributed by atoms with Crippen LogP contribution >= 0.6 is 0 Å². The number of esters is 1. The lowest BCUT2D eigenvalue weighted by molar-refractivity contribution is -0.143. The minimum Gasteiger partial charge on any atom is -0.466 e. The standard InChI is InChI=1S/C15H20FNO2/c1-2-19-15(18)6-5-11-8-12-4-3-7-17-10-13(12)14(16)9-11/h8-9,17H,2-7,10H2,1H3. The van der Waals surface area contributed by atoms with Crippen LogP contribution in [-0.2, 0) is 28.9 Å². The van der Waals surface area contributed by atoms with Gasteiger partial charge >= 0.3 is 5.97 Å². The number of fused-ring (bicyclic) bond motifs is 1. The van der Waals surface area contributed by atoms with Crippen molar-refractivity contribution in [1.29, 1.82) is 0 Å². The van der Waals surface area contributed by atoms with Crippen molar-refractivity contribution in [2.45, 2.75) is 39.2 Å². The maximum Gasteiger partial charge on any atom is 0.306 e. The van der Waals surface area contributed by atoms with Gasteiger partial charge in [0.05, 0.1) is 6.61 Å². The molecule has 0 radical (unpaired) electrons. The van der Waals surface area contributed by atoms with Crippen LogP contribution in [0.2, 0.25) is 0 Å². The molecule has 1 N–H and O–H groups in total. The molecular weight excluding hydrogens is 245 g/mol. The molecule has 1 aliphatic rings. The molecule has 1 aromatic rings. The number of hydrogen-bond acceptors (Lipinski definition) is 3. The predicted octanol–water partition coefficient (Wildman–Crippen LogP) is 2.36. The minimum atomic E-state index is -0.223. The number of nitrogens with one attached hydrogen (secondary N) is 1. The highest BCUT2D eigenvalue weighted by Gasteiger charge is 2.14. The zero-order valence-electron chi connectivity index (χ0n) is 11.3. The first-order valence-electron chi connectivity index (χ1n) is 6.87. The van der Waals surface area contributed by atoms with E-state index in [4.69, 9.17) is 4.74 Å². The van der Waals surface area contributed by atoms with Crippen LogP contribution in [0.15, 0.2) is 12.1 Å². The molecule has 3 nitrogen and oxygen atoms in total. The Hall–Kier alpha value is -1.42. The molecule has 0 spiro atoms. The Morgan fingerprint density at radius 1 is 1.47 bits per heavy atom. The fraction of sp³-hybridized carbons (Fsp3) is 0.533. The normalized spacial score (nSPS) is 14.6. The second-order valence-corrected chi connectivity index (χ2v) is 4.80. The van der Waals surface area contributed by atoms with E-state index in [1.54, 1.807) is 13.0 Å². The van der Waals surface area contributed by atoms with Gasteiger partial charge in [-0.05, 0) is 49.9 Å². The van der Waals surface area contributed by atoms with Crippen molar-refractivity contribution in [2.75, 3.05) is 13.2 Å². The molecular formula is C15H20FNO2. The maximum atomic E-state index is 14.0. The topological polar surface area (TPSA) is 38.3 Å². The molecule has 0 fully saturated rings. The quantitative estimate of drug-likeness (QED) is 0.849. The third-order valence-corrected chi connectivity index (χ3v) is 3.37. The summed E-state index contributed by atoms with van der Waals surface area (Å²) in [7, 11) is 0. The van der Waals surface area contributed by atoms with Crippen LogP contribution in [0.25, 0.3) is 0 Å². The number of rotatable bonds is 4. The van der Waals surface area contributed by atoms with Gasteiger partial charge in [0.15, 0.2) is 0 Å². The number of carbonyl (C=O) groups excluding carboxylic acids is 1. The Morgan fingerprint density at radius 3 is 3.11 bits per heavy atom. The summed E-state index contributed by atoms with van der Waals surface area (Å²) in [5.74, 6) is -0.384. The van der Waals surface area contributed by atoms with E-state index in [0.29, 0.717) is 26.0 Å². The van der Waals surface area contributed by atoms with Crippen molar-refractivity contribution < 1.29 is 13.9 Å². The molecule has 0 unspecified atom stereocenters. The minimum absolute atomic E-state index is 0.161. The second kappa shape index (κ2) is 6.66. The van der Waals surface area contributed by atoms with Gasteiger partial charge in [-0.1, -0.05) is 6.07 Å². The Balaban J connectivity index is 2.08. The molecule has 19 heavy (non-hydrogen) atoms. The first kappa shape index (κ1) is 14.0. The van der Waals surface area contributed by atoms with Gasteiger partial charge < -0.3 is 10.1 Å². The third kappa shape index (κ3) is 3.77. The summed E-state index contributed by atoms with van der Waals surface area (Å²) in [4.78, 5) is 11.3. The highest BCUT2D eigenvalue weighted by molar-refractivity contribution is 5.69. The zero-order valence-corrected chi connectivity index (χ0v) is 11.3. The smallest absolute Gasteiger partial charge is 0.306 e. The van der Waals surface area contributed by atoms with Crippen molar-refractivity contribution >= 4 is 5.97 Å². The van der Waals surface area contributed by atoms with Gasteiger partial charge in [-0.2, -0.15) is 0 Å². The van der Waals surface area contributed by atoms with E-state index in [2.05, 4.69) is 5.32 Å². The fourth-order valence-electron chi connectivity index (χ4n) is 2.42. The summed E-state index contributed by atoms with van der Waals surface area (Å²) in [6, 6.07) is 3.58. The van der Waals surface area contributed by atoms with Crippen molar-refractivity contribution in [2.24, 2.45) is 0 Å². The summed E-state index contributed by atoms with van der Waals surface area (Å²) in [6.07, 6.45) is 2.76. The van der Waals surface area contributed by atoms with Crippen molar-refractivity contribution in [3.8, 4) is 0 Å². The Bertz CT molecular complexity index is 460. The van der Waals surface area contributed by atoms with E-state index < -0.39 is 0 Å². The number of halogens is 1. The summed E-state index contributed by atoms with van der Waals surface area (Å²) in [6.45, 7) is 3.70. The zero-order chi connectivity index (χ0) is 13.7. The molecule has 0 amide bonds. The highest BCUT2D eigenvalue weighted by Crippen LogP contribution is 2.21. The van der Waals surface area contributed by atoms with E-state index in [0.717, 1.165) is 36.1 Å². The van der Waals surface area contributed by atoms with Crippen LogP contribution in [0.3, 0.4) is 0 Å². The fourth-order valence-corrected chi connectivity index (χ4v) is 2.42. The molecule has 0 aliphatic carbocycles. The average Bonchev–Trinajstić information content (AvgIpc) is 2.62. The summed E-state index contributed by atoms with van der Waals surface area (Å²) in [5, 5.41) is 3.22. The molecule has 0 saturated carbocycles. The summed E-state index contributed by atoms with van der Waals surface area (Å²) >= 11 is 0. The van der Waals surface area contributed by atoms with E-state index >= 15 is 0 Å². The van der Waals surface area contributed by atoms with Crippen molar-refractivity contribution in [3.05, 3.63) is 34.6 Å². The van der Waals surface area contributed by atoms with Crippen LogP contribution < -0.4 is 5.32 Å². The van der Waals surface area contributed by atoms with E-state index in [-0.39, 0.29) is 11.8 Å². The number of carbonyl (C=O) groups is 1. The lowest BCUT2D eigenvalue weighted by Gasteiger charge is -2.10. The van der Waals surface area contributed by atoms with E-state index in [9.17, 15) is 9.18 Å². The van der Waals surface area contributed by atoms with Crippen LogP contribution in [0.1, 0.15) is 36.5 Å². The highest BCUT2D eigenvalue weighted by atomic mass is 19.1. The second-order valence-electron chi connectivity index (χ2n) is 4.80. The number of hydrogen-bond donors (Lipinski definition) is 1. The molecule has 104 valence electrons. The van der Waals surface area contributed by atoms with E-state index in [1.807, 2.05) is 6.07 Å². The van der Waals surface area contributed by atoms with Gasteiger partial charge in [-0.25, -0.2) is 4.39 Å². The molecule has 0 bridgehead atoms. The molecule has 0 aromatic heterocycles. The van der Waals surface area contributed by atoms with Crippen LogP contribution in [-0.4, -0.2) is 19.1 Å². The van der Waals surface area contributed by atoms with Gasteiger partial charge in [-0.3, -0.25) is 4.79 Å².